The molecule has 0 aromatic carbocycles. The van der Waals surface area contributed by atoms with Crippen molar-refractivity contribution in [3.05, 3.63) is 0 Å². The molecule has 4 aliphatic carbocycles. The summed E-state index contributed by atoms with van der Waals surface area (Å²) < 4.78 is 5.90. The molecule has 2 nitrogen and oxygen atoms in total. The van der Waals surface area contributed by atoms with Crippen LogP contribution in [0.4, 0.5) is 0 Å². The number of fused-ring (bicyclic) bond motifs is 7. The minimum Gasteiger partial charge on any atom is -0.361 e. The summed E-state index contributed by atoms with van der Waals surface area (Å²) in [5, 5.41) is 0. The van der Waals surface area contributed by atoms with E-state index in [9.17, 15) is 4.79 Å². The lowest BCUT2D eigenvalue weighted by molar-refractivity contribution is -0.132. The molecule has 0 spiro atoms. The van der Waals surface area contributed by atoms with Crippen LogP contribution in [-0.4, -0.2) is 18.0 Å². The first-order chi connectivity index (χ1) is 10.0. The first kappa shape index (κ1) is 13.1. The van der Waals surface area contributed by atoms with Gasteiger partial charge in [0.2, 0.25) is 0 Å². The van der Waals surface area contributed by atoms with E-state index in [0.29, 0.717) is 22.5 Å². The Balaban J connectivity index is 1.51. The Bertz CT molecular complexity index is 500. The van der Waals surface area contributed by atoms with Crippen LogP contribution in [-0.2, 0) is 9.53 Å². The van der Waals surface area contributed by atoms with Crippen LogP contribution in [0.15, 0.2) is 0 Å². The summed E-state index contributed by atoms with van der Waals surface area (Å²) in [5.74, 6) is 3.73. The monoisotopic (exact) mass is 288 g/mol. The average Bonchev–Trinajstić information content (AvgIpc) is 3.17. The molecule has 1 aliphatic heterocycles. The van der Waals surface area contributed by atoms with Crippen molar-refractivity contribution in [3.63, 3.8) is 0 Å². The van der Waals surface area contributed by atoms with E-state index in [0.717, 1.165) is 24.2 Å². The zero-order valence-corrected chi connectivity index (χ0v) is 13.4. The van der Waals surface area contributed by atoms with Gasteiger partial charge >= 0.3 is 0 Å². The van der Waals surface area contributed by atoms with Crippen LogP contribution in [0.1, 0.15) is 65.2 Å². The van der Waals surface area contributed by atoms with E-state index in [-0.39, 0.29) is 12.2 Å². The lowest BCUT2D eigenvalue weighted by Crippen LogP contribution is -2.55. The Labute approximate surface area is 128 Å². The van der Waals surface area contributed by atoms with E-state index in [4.69, 9.17) is 4.74 Å². The fourth-order valence-corrected chi connectivity index (χ4v) is 7.42. The number of rotatable bonds is 0. The Kier molecular flexibility index (Phi) is 2.45. The fraction of sp³-hybridized carbons (Fsp3) is 0.947. The summed E-state index contributed by atoms with van der Waals surface area (Å²) in [7, 11) is 0. The first-order valence-corrected chi connectivity index (χ1v) is 9.22. The summed E-state index contributed by atoms with van der Waals surface area (Å²) in [6.45, 7) is 5.05. The van der Waals surface area contributed by atoms with Gasteiger partial charge in [-0.25, -0.2) is 0 Å². The maximum atomic E-state index is 12.1. The van der Waals surface area contributed by atoms with Crippen molar-refractivity contribution in [2.75, 3.05) is 0 Å². The first-order valence-electron chi connectivity index (χ1n) is 9.22. The normalized spacial score (nSPS) is 61.5. The third kappa shape index (κ3) is 1.51. The topological polar surface area (TPSA) is 29.6 Å². The molecule has 1 heterocycles. The summed E-state index contributed by atoms with van der Waals surface area (Å²) in [4.78, 5) is 12.1. The number of epoxide rings is 1. The lowest BCUT2D eigenvalue weighted by atomic mass is 9.45. The van der Waals surface area contributed by atoms with Crippen LogP contribution in [0.2, 0.25) is 0 Å². The Morgan fingerprint density at radius 2 is 1.90 bits per heavy atom. The van der Waals surface area contributed by atoms with E-state index < -0.39 is 0 Å². The third-order valence-electron chi connectivity index (χ3n) is 8.61. The van der Waals surface area contributed by atoms with Gasteiger partial charge in [0.25, 0.3) is 0 Å². The Hall–Kier alpha value is -0.370. The summed E-state index contributed by atoms with van der Waals surface area (Å²) in [6.07, 6.45) is 10.9. The molecule has 4 saturated carbocycles. The zero-order valence-electron chi connectivity index (χ0n) is 13.4. The van der Waals surface area contributed by atoms with Gasteiger partial charge in [-0.1, -0.05) is 20.3 Å². The second-order valence-electron chi connectivity index (χ2n) is 9.25. The van der Waals surface area contributed by atoms with E-state index in [1.165, 1.54) is 44.9 Å². The molecule has 8 atom stereocenters. The predicted molar refractivity (Wildman–Crippen MR) is 80.8 cm³/mol. The molecule has 5 rings (SSSR count). The van der Waals surface area contributed by atoms with Gasteiger partial charge in [0.15, 0.2) is 5.78 Å². The smallest absolute Gasteiger partial charge is 0.164 e. The van der Waals surface area contributed by atoms with Crippen LogP contribution in [0.3, 0.4) is 0 Å². The molecule has 0 aromatic rings. The summed E-state index contributed by atoms with van der Waals surface area (Å²) in [6, 6.07) is 0. The molecule has 1 saturated heterocycles. The molecule has 0 N–H and O–H groups in total. The van der Waals surface area contributed by atoms with Crippen molar-refractivity contribution >= 4 is 5.78 Å². The Morgan fingerprint density at radius 3 is 2.76 bits per heavy atom. The molecule has 0 unspecified atom stereocenters. The molecule has 0 amide bonds. The van der Waals surface area contributed by atoms with Crippen molar-refractivity contribution in [2.45, 2.75) is 77.4 Å². The van der Waals surface area contributed by atoms with Crippen LogP contribution < -0.4 is 0 Å². The maximum absolute atomic E-state index is 12.1. The zero-order chi connectivity index (χ0) is 14.4. The number of Topliss-reactive ketones (excluding diaryl/α,β-unsaturated/α-hetero) is 1. The van der Waals surface area contributed by atoms with Gasteiger partial charge in [0, 0.05) is 11.8 Å². The Morgan fingerprint density at radius 1 is 1.05 bits per heavy atom. The number of carbonyl (C=O) groups excluding carboxylic acids is 1. The van der Waals surface area contributed by atoms with Crippen molar-refractivity contribution in [3.8, 4) is 0 Å². The second kappa shape index (κ2) is 3.93. The second-order valence-corrected chi connectivity index (χ2v) is 9.25. The maximum Gasteiger partial charge on any atom is 0.164 e. The van der Waals surface area contributed by atoms with Crippen LogP contribution in [0.25, 0.3) is 0 Å². The summed E-state index contributed by atoms with van der Waals surface area (Å²) >= 11 is 0. The minimum absolute atomic E-state index is 0.0121. The molecule has 0 bridgehead atoms. The highest BCUT2D eigenvalue weighted by Gasteiger charge is 2.68. The molecule has 0 aromatic heterocycles. The fourth-order valence-electron chi connectivity index (χ4n) is 7.42. The number of ether oxygens (including phenoxy) is 1. The van der Waals surface area contributed by atoms with Crippen LogP contribution in [0.5, 0.6) is 0 Å². The minimum atomic E-state index is -0.0121. The predicted octanol–water partition coefficient (Wildman–Crippen LogP) is 3.98. The van der Waals surface area contributed by atoms with E-state index >= 15 is 0 Å². The molecule has 0 radical (unpaired) electrons. The molecular weight excluding hydrogens is 260 g/mol. The molecule has 5 aliphatic rings. The van der Waals surface area contributed by atoms with Gasteiger partial charge in [-0.15, -0.1) is 0 Å². The number of hydrogen-bond acceptors (Lipinski definition) is 2. The summed E-state index contributed by atoms with van der Waals surface area (Å²) in [5.41, 5.74) is 0.948. The highest BCUT2D eigenvalue weighted by molar-refractivity contribution is 5.87. The number of hydrogen-bond donors (Lipinski definition) is 0. The van der Waals surface area contributed by atoms with Crippen LogP contribution in [0, 0.1) is 34.5 Å². The van der Waals surface area contributed by atoms with Gasteiger partial charge in [-0.2, -0.15) is 0 Å². The quantitative estimate of drug-likeness (QED) is 0.631. The molecule has 2 heteroatoms. The van der Waals surface area contributed by atoms with Gasteiger partial charge in [0.05, 0.1) is 6.10 Å². The van der Waals surface area contributed by atoms with E-state index in [2.05, 4.69) is 13.8 Å². The van der Waals surface area contributed by atoms with E-state index in [1.807, 2.05) is 0 Å². The highest BCUT2D eigenvalue weighted by atomic mass is 16.6. The van der Waals surface area contributed by atoms with Gasteiger partial charge < -0.3 is 4.74 Å². The number of carbonyl (C=O) groups is 1. The average molecular weight is 288 g/mol. The van der Waals surface area contributed by atoms with Crippen molar-refractivity contribution in [2.24, 2.45) is 34.5 Å². The van der Waals surface area contributed by atoms with Crippen molar-refractivity contribution in [1.29, 1.82) is 0 Å². The third-order valence-corrected chi connectivity index (χ3v) is 8.61. The lowest BCUT2D eigenvalue weighted by Gasteiger charge is -2.58. The number of ketones is 1. The van der Waals surface area contributed by atoms with Crippen molar-refractivity contribution < 1.29 is 9.53 Å². The van der Waals surface area contributed by atoms with Gasteiger partial charge in [-0.3, -0.25) is 4.79 Å². The molecule has 5 fully saturated rings. The molecule has 21 heavy (non-hydrogen) atoms. The van der Waals surface area contributed by atoms with Crippen LogP contribution >= 0.6 is 0 Å². The van der Waals surface area contributed by atoms with Crippen molar-refractivity contribution in [1.82, 2.24) is 0 Å². The van der Waals surface area contributed by atoms with Gasteiger partial charge in [0.1, 0.15) is 6.10 Å². The highest BCUT2D eigenvalue weighted by Crippen LogP contribution is 2.68. The molecule has 116 valence electrons. The molecular formula is C19H28O2. The van der Waals surface area contributed by atoms with Gasteiger partial charge in [-0.05, 0) is 67.6 Å². The standard InChI is InChI=1S/C19H28O2/c1-18-8-3-4-13(18)12-6-5-11-10-15(20)16-17(21-16)19(11,2)14(12)7-9-18/h11-14,16-17H,3-10H2,1-2H3/t11-,12-,13+,14-,16-,17-,18+,19+/m0/s1. The largest absolute Gasteiger partial charge is 0.361 e. The SMILES string of the molecule is C[C@]12CCC[C@@H]1[C@@H]1CC[C@H]3CC(=O)[C@@H]4O[C@@H]4[C@@]3(C)[C@H]1CC2. The van der Waals surface area contributed by atoms with E-state index in [1.54, 1.807) is 0 Å².